The van der Waals surface area contributed by atoms with Gasteiger partial charge in [0.1, 0.15) is 0 Å². The zero-order valence-electron chi connectivity index (χ0n) is 11.8. The van der Waals surface area contributed by atoms with E-state index in [4.69, 9.17) is 9.47 Å². The number of piperidine rings is 1. The van der Waals surface area contributed by atoms with Crippen LogP contribution in [0.5, 0.6) is 0 Å². The van der Waals surface area contributed by atoms with Crippen LogP contribution < -0.4 is 5.32 Å². The van der Waals surface area contributed by atoms with Crippen molar-refractivity contribution in [2.45, 2.75) is 19.8 Å². The number of nitrogens with zero attached hydrogens (tertiary/aromatic N) is 1. The minimum atomic E-state index is -0.132. The average Bonchev–Trinajstić information content (AvgIpc) is 2.44. The number of rotatable bonds is 7. The first-order valence-electron chi connectivity index (χ1n) is 6.83. The SMILES string of the molecule is CCOC(=O)C1CCN(C(=O)CNCCOC)CC1. The van der Waals surface area contributed by atoms with E-state index in [0.717, 1.165) is 0 Å². The van der Waals surface area contributed by atoms with Gasteiger partial charge in [-0.05, 0) is 19.8 Å². The van der Waals surface area contributed by atoms with E-state index in [1.165, 1.54) is 0 Å². The Kier molecular flexibility index (Phi) is 7.43. The molecular weight excluding hydrogens is 248 g/mol. The van der Waals surface area contributed by atoms with Crippen molar-refractivity contribution >= 4 is 11.9 Å². The van der Waals surface area contributed by atoms with Gasteiger partial charge < -0.3 is 19.7 Å². The summed E-state index contributed by atoms with van der Waals surface area (Å²) in [6.07, 6.45) is 1.39. The molecule has 1 saturated heterocycles. The van der Waals surface area contributed by atoms with E-state index in [1.54, 1.807) is 12.0 Å². The van der Waals surface area contributed by atoms with E-state index in [0.29, 0.717) is 52.2 Å². The second kappa shape index (κ2) is 8.87. The number of nitrogens with one attached hydrogen (secondary N) is 1. The van der Waals surface area contributed by atoms with Crippen LogP contribution in [-0.2, 0) is 19.1 Å². The minimum absolute atomic E-state index is 0.0505. The van der Waals surface area contributed by atoms with Gasteiger partial charge in [-0.2, -0.15) is 0 Å². The monoisotopic (exact) mass is 272 g/mol. The molecule has 0 spiro atoms. The third-order valence-electron chi connectivity index (χ3n) is 3.23. The predicted octanol–water partition coefficient (Wildman–Crippen LogP) is 0.0241. The maximum Gasteiger partial charge on any atom is 0.309 e. The molecule has 0 aliphatic carbocycles. The van der Waals surface area contributed by atoms with Crippen molar-refractivity contribution in [2.24, 2.45) is 5.92 Å². The lowest BCUT2D eigenvalue weighted by Crippen LogP contribution is -2.44. The van der Waals surface area contributed by atoms with E-state index in [1.807, 2.05) is 6.92 Å². The van der Waals surface area contributed by atoms with E-state index in [-0.39, 0.29) is 17.8 Å². The number of carbonyl (C=O) groups is 2. The van der Waals surface area contributed by atoms with Crippen LogP contribution in [0.1, 0.15) is 19.8 Å². The van der Waals surface area contributed by atoms with Gasteiger partial charge in [-0.1, -0.05) is 0 Å². The Morgan fingerprint density at radius 3 is 2.58 bits per heavy atom. The van der Waals surface area contributed by atoms with Gasteiger partial charge in [-0.25, -0.2) is 0 Å². The zero-order chi connectivity index (χ0) is 14.1. The first kappa shape index (κ1) is 15.9. The molecule has 1 amide bonds. The van der Waals surface area contributed by atoms with Crippen LogP contribution in [0.25, 0.3) is 0 Å². The van der Waals surface area contributed by atoms with Crippen molar-refractivity contribution in [2.75, 3.05) is 46.5 Å². The first-order chi connectivity index (χ1) is 9.19. The Bertz CT molecular complexity index is 288. The number of esters is 1. The van der Waals surface area contributed by atoms with Gasteiger partial charge in [0.15, 0.2) is 0 Å². The summed E-state index contributed by atoms with van der Waals surface area (Å²) in [6, 6.07) is 0. The van der Waals surface area contributed by atoms with Gasteiger partial charge in [0.05, 0.1) is 25.7 Å². The van der Waals surface area contributed by atoms with Crippen molar-refractivity contribution in [3.05, 3.63) is 0 Å². The topological polar surface area (TPSA) is 67.9 Å². The molecule has 0 atom stereocenters. The average molecular weight is 272 g/mol. The molecule has 0 aromatic carbocycles. The number of hydrogen-bond donors (Lipinski definition) is 1. The normalized spacial score (nSPS) is 16.4. The molecule has 0 bridgehead atoms. The van der Waals surface area contributed by atoms with E-state index in [9.17, 15) is 9.59 Å². The standard InChI is InChI=1S/C13H24N2O4/c1-3-19-13(17)11-4-7-15(8-5-11)12(16)10-14-6-9-18-2/h11,14H,3-10H2,1-2H3. The van der Waals surface area contributed by atoms with Crippen LogP contribution in [0.15, 0.2) is 0 Å². The first-order valence-corrected chi connectivity index (χ1v) is 6.83. The number of likely N-dealkylation sites (tertiary alicyclic amines) is 1. The number of methoxy groups -OCH3 is 1. The van der Waals surface area contributed by atoms with E-state index >= 15 is 0 Å². The third-order valence-corrected chi connectivity index (χ3v) is 3.23. The highest BCUT2D eigenvalue weighted by Crippen LogP contribution is 2.18. The molecule has 110 valence electrons. The number of carbonyl (C=O) groups excluding carboxylic acids is 2. The Labute approximate surface area is 114 Å². The fourth-order valence-corrected chi connectivity index (χ4v) is 2.11. The fraction of sp³-hybridized carbons (Fsp3) is 0.846. The van der Waals surface area contributed by atoms with Gasteiger partial charge in [0.25, 0.3) is 0 Å². The van der Waals surface area contributed by atoms with Crippen molar-refractivity contribution in [3.63, 3.8) is 0 Å². The molecule has 0 radical (unpaired) electrons. The molecule has 0 unspecified atom stereocenters. The molecule has 6 nitrogen and oxygen atoms in total. The molecule has 1 N–H and O–H groups in total. The van der Waals surface area contributed by atoms with Crippen molar-refractivity contribution < 1.29 is 19.1 Å². The third kappa shape index (κ3) is 5.57. The van der Waals surface area contributed by atoms with Crippen LogP contribution in [-0.4, -0.2) is 63.3 Å². The van der Waals surface area contributed by atoms with Crippen molar-refractivity contribution in [1.82, 2.24) is 10.2 Å². The highest BCUT2D eigenvalue weighted by molar-refractivity contribution is 5.79. The fourth-order valence-electron chi connectivity index (χ4n) is 2.11. The molecule has 1 heterocycles. The lowest BCUT2D eigenvalue weighted by Gasteiger charge is -2.31. The molecule has 6 heteroatoms. The van der Waals surface area contributed by atoms with Crippen LogP contribution in [0.4, 0.5) is 0 Å². The second-order valence-electron chi connectivity index (χ2n) is 4.58. The van der Waals surface area contributed by atoms with Gasteiger partial charge in [0.2, 0.25) is 5.91 Å². The van der Waals surface area contributed by atoms with Gasteiger partial charge in [-0.15, -0.1) is 0 Å². The summed E-state index contributed by atoms with van der Waals surface area (Å²) in [6.45, 7) is 5.08. The van der Waals surface area contributed by atoms with Gasteiger partial charge in [0, 0.05) is 26.7 Å². The largest absolute Gasteiger partial charge is 0.466 e. The molecular formula is C13H24N2O4. The van der Waals surface area contributed by atoms with Gasteiger partial charge in [-0.3, -0.25) is 9.59 Å². The molecule has 1 aliphatic heterocycles. The quantitative estimate of drug-likeness (QED) is 0.523. The van der Waals surface area contributed by atoms with E-state index < -0.39 is 0 Å². The highest BCUT2D eigenvalue weighted by Gasteiger charge is 2.27. The molecule has 1 aliphatic rings. The van der Waals surface area contributed by atoms with E-state index in [2.05, 4.69) is 5.32 Å². The Hall–Kier alpha value is -1.14. The smallest absolute Gasteiger partial charge is 0.309 e. The molecule has 1 rings (SSSR count). The zero-order valence-corrected chi connectivity index (χ0v) is 11.8. The minimum Gasteiger partial charge on any atom is -0.466 e. The summed E-state index contributed by atoms with van der Waals surface area (Å²) in [7, 11) is 1.63. The highest BCUT2D eigenvalue weighted by atomic mass is 16.5. The molecule has 1 fully saturated rings. The number of hydrogen-bond acceptors (Lipinski definition) is 5. The van der Waals surface area contributed by atoms with Crippen LogP contribution in [0.3, 0.4) is 0 Å². The molecule has 0 saturated carbocycles. The van der Waals surface area contributed by atoms with Crippen LogP contribution in [0.2, 0.25) is 0 Å². The lowest BCUT2D eigenvalue weighted by molar-refractivity contribution is -0.151. The van der Waals surface area contributed by atoms with Crippen molar-refractivity contribution in [3.8, 4) is 0 Å². The lowest BCUT2D eigenvalue weighted by atomic mass is 9.97. The predicted molar refractivity (Wildman–Crippen MR) is 70.7 cm³/mol. The number of ether oxygens (including phenoxy) is 2. The second-order valence-corrected chi connectivity index (χ2v) is 4.58. The maximum absolute atomic E-state index is 11.9. The summed E-state index contributed by atoms with van der Waals surface area (Å²) in [5.41, 5.74) is 0. The molecule has 19 heavy (non-hydrogen) atoms. The van der Waals surface area contributed by atoms with Crippen LogP contribution in [0, 0.1) is 5.92 Å². The van der Waals surface area contributed by atoms with Gasteiger partial charge >= 0.3 is 5.97 Å². The number of amides is 1. The summed E-state index contributed by atoms with van der Waals surface area (Å²) in [5.74, 6) is -0.100. The summed E-state index contributed by atoms with van der Waals surface area (Å²) in [4.78, 5) is 25.2. The maximum atomic E-state index is 11.9. The summed E-state index contributed by atoms with van der Waals surface area (Å²) < 4.78 is 9.89. The molecule has 0 aromatic heterocycles. The molecule has 0 aromatic rings. The van der Waals surface area contributed by atoms with Crippen molar-refractivity contribution in [1.29, 1.82) is 0 Å². The summed E-state index contributed by atoms with van der Waals surface area (Å²) >= 11 is 0. The Balaban J connectivity index is 2.21. The Morgan fingerprint density at radius 1 is 1.32 bits per heavy atom. The summed E-state index contributed by atoms with van der Waals surface area (Å²) in [5, 5.41) is 3.03. The van der Waals surface area contributed by atoms with Crippen LogP contribution >= 0.6 is 0 Å². The Morgan fingerprint density at radius 2 is 2.00 bits per heavy atom.